The number of amides is 1. The molecule has 44 heavy (non-hydrogen) atoms. The van der Waals surface area contributed by atoms with Gasteiger partial charge < -0.3 is 24.0 Å². The molecule has 3 aliphatic heterocycles. The molecule has 0 spiro atoms. The second kappa shape index (κ2) is 13.2. The summed E-state index contributed by atoms with van der Waals surface area (Å²) >= 11 is 6.44. The van der Waals surface area contributed by atoms with E-state index in [9.17, 15) is 9.18 Å². The SMILES string of the molecule is CCN(C(=O)c1cc(F)ccc1Oc1nnc(Cl)c(N2CCC(Oc3ccnc4c3C3COCCN3CC4)CC2)n1)C(C)C. The van der Waals surface area contributed by atoms with Crippen molar-refractivity contribution in [1.82, 2.24) is 30.0 Å². The lowest BCUT2D eigenvalue weighted by Gasteiger charge is -2.41. The molecule has 13 heteroatoms. The summed E-state index contributed by atoms with van der Waals surface area (Å²) in [4.78, 5) is 28.5. The summed E-state index contributed by atoms with van der Waals surface area (Å²) in [5.41, 5.74) is 2.33. The molecule has 6 rings (SSSR count). The lowest BCUT2D eigenvalue weighted by Crippen LogP contribution is -2.44. The number of carbonyl (C=O) groups excluding carboxylic acids is 1. The third kappa shape index (κ3) is 6.29. The van der Waals surface area contributed by atoms with E-state index < -0.39 is 5.82 Å². The molecule has 3 aliphatic rings. The van der Waals surface area contributed by atoms with Crippen molar-refractivity contribution in [3.63, 3.8) is 0 Å². The van der Waals surface area contributed by atoms with Crippen LogP contribution in [0.15, 0.2) is 30.5 Å². The van der Waals surface area contributed by atoms with E-state index in [1.165, 1.54) is 12.1 Å². The van der Waals surface area contributed by atoms with Gasteiger partial charge in [0.2, 0.25) is 0 Å². The molecule has 234 valence electrons. The number of hydrogen-bond donors (Lipinski definition) is 0. The van der Waals surface area contributed by atoms with E-state index in [1.54, 1.807) is 4.90 Å². The van der Waals surface area contributed by atoms with Gasteiger partial charge in [0, 0.05) is 69.8 Å². The van der Waals surface area contributed by atoms with Gasteiger partial charge >= 0.3 is 6.01 Å². The number of hydrogen-bond acceptors (Lipinski definition) is 10. The minimum Gasteiger partial charge on any atom is -0.490 e. The summed E-state index contributed by atoms with van der Waals surface area (Å²) in [6.45, 7) is 10.7. The number of halogens is 2. The van der Waals surface area contributed by atoms with Gasteiger partial charge in [-0.25, -0.2) is 4.39 Å². The van der Waals surface area contributed by atoms with Crippen LogP contribution < -0.4 is 14.4 Å². The second-order valence-electron chi connectivity index (χ2n) is 11.5. The Balaban J connectivity index is 1.15. The predicted octanol–water partition coefficient (Wildman–Crippen LogP) is 4.70. The number of fused-ring (bicyclic) bond motifs is 3. The Hall–Kier alpha value is -3.61. The lowest BCUT2D eigenvalue weighted by atomic mass is 9.95. The van der Waals surface area contributed by atoms with Gasteiger partial charge in [-0.15, -0.1) is 5.10 Å². The maximum atomic E-state index is 14.2. The molecule has 2 aromatic heterocycles. The van der Waals surface area contributed by atoms with Gasteiger partial charge in [-0.1, -0.05) is 16.7 Å². The Labute approximate surface area is 261 Å². The first-order valence-corrected chi connectivity index (χ1v) is 15.6. The molecule has 1 aromatic carbocycles. The van der Waals surface area contributed by atoms with E-state index in [0.717, 1.165) is 62.0 Å². The zero-order valence-electron chi connectivity index (χ0n) is 25.2. The van der Waals surface area contributed by atoms with E-state index in [-0.39, 0.29) is 46.6 Å². The zero-order chi connectivity index (χ0) is 30.8. The number of morpholine rings is 1. The lowest BCUT2D eigenvalue weighted by molar-refractivity contribution is -0.0150. The highest BCUT2D eigenvalue weighted by Crippen LogP contribution is 2.38. The second-order valence-corrected chi connectivity index (χ2v) is 11.8. The fraction of sp³-hybridized carbons (Fsp3) is 0.516. The molecule has 1 atom stereocenters. The number of anilines is 1. The number of carbonyl (C=O) groups is 1. The molecule has 2 saturated heterocycles. The van der Waals surface area contributed by atoms with Crippen LogP contribution in [0.5, 0.6) is 17.5 Å². The van der Waals surface area contributed by atoms with Crippen molar-refractivity contribution in [1.29, 1.82) is 0 Å². The van der Waals surface area contributed by atoms with Crippen molar-refractivity contribution in [2.75, 3.05) is 50.8 Å². The Morgan fingerprint density at radius 2 is 1.98 bits per heavy atom. The van der Waals surface area contributed by atoms with Gasteiger partial charge in [-0.2, -0.15) is 4.98 Å². The van der Waals surface area contributed by atoms with Crippen molar-refractivity contribution in [2.45, 2.75) is 58.2 Å². The number of ether oxygens (including phenoxy) is 3. The van der Waals surface area contributed by atoms with Crippen LogP contribution in [0.3, 0.4) is 0 Å². The van der Waals surface area contributed by atoms with Crippen LogP contribution >= 0.6 is 11.6 Å². The molecule has 0 N–H and O–H groups in total. The first-order valence-electron chi connectivity index (χ1n) is 15.2. The summed E-state index contributed by atoms with van der Waals surface area (Å²) in [7, 11) is 0. The van der Waals surface area contributed by atoms with Crippen LogP contribution in [0.25, 0.3) is 0 Å². The van der Waals surface area contributed by atoms with Gasteiger partial charge in [0.15, 0.2) is 11.0 Å². The molecule has 5 heterocycles. The van der Waals surface area contributed by atoms with Gasteiger partial charge in [-0.3, -0.25) is 14.7 Å². The minimum absolute atomic E-state index is 0.0113. The highest BCUT2D eigenvalue weighted by atomic mass is 35.5. The van der Waals surface area contributed by atoms with E-state index in [0.29, 0.717) is 32.1 Å². The van der Waals surface area contributed by atoms with Crippen molar-refractivity contribution >= 4 is 23.3 Å². The van der Waals surface area contributed by atoms with Crippen molar-refractivity contribution < 1.29 is 23.4 Å². The summed E-state index contributed by atoms with van der Waals surface area (Å²) in [6, 6.07) is 5.77. The fourth-order valence-corrected chi connectivity index (χ4v) is 6.43. The first kappa shape index (κ1) is 30.4. The molecule has 1 amide bonds. The number of piperidine rings is 1. The number of nitrogens with zero attached hydrogens (tertiary/aromatic N) is 7. The molecular weight excluding hydrogens is 589 g/mol. The van der Waals surface area contributed by atoms with Crippen LogP contribution in [-0.2, 0) is 11.2 Å². The standard InChI is InChI=1S/C31H37ClFN7O4/c1-4-40(19(2)3)30(41)22-17-20(33)5-6-25(22)44-31-35-29(28(32)36-37-31)39-12-8-21(9-13-39)43-26-7-11-34-23-10-14-38-15-16-42-18-24(38)27(23)26/h5-7,11,17,19,21,24H,4,8-10,12-16,18H2,1-3H3. The average Bonchev–Trinajstić information content (AvgIpc) is 3.03. The van der Waals surface area contributed by atoms with Crippen molar-refractivity contribution in [3.05, 3.63) is 58.3 Å². The molecule has 2 fully saturated rings. The van der Waals surface area contributed by atoms with Gasteiger partial charge in [0.1, 0.15) is 23.4 Å². The summed E-state index contributed by atoms with van der Waals surface area (Å²) < 4.78 is 32.5. The zero-order valence-corrected chi connectivity index (χ0v) is 26.0. The van der Waals surface area contributed by atoms with Gasteiger partial charge in [0.05, 0.1) is 30.5 Å². The third-order valence-corrected chi connectivity index (χ3v) is 8.73. The Morgan fingerprint density at radius 1 is 1.16 bits per heavy atom. The first-order chi connectivity index (χ1) is 21.3. The van der Waals surface area contributed by atoms with Gasteiger partial charge in [0.25, 0.3) is 5.91 Å². The van der Waals surface area contributed by atoms with Gasteiger partial charge in [-0.05, 0) is 45.0 Å². The monoisotopic (exact) mass is 625 g/mol. The Kier molecular flexibility index (Phi) is 9.11. The smallest absolute Gasteiger partial charge is 0.343 e. The van der Waals surface area contributed by atoms with E-state index in [2.05, 4.69) is 25.1 Å². The number of benzene rings is 1. The Morgan fingerprint density at radius 3 is 2.75 bits per heavy atom. The normalized spacial score (nSPS) is 19.0. The van der Waals surface area contributed by atoms with Crippen LogP contribution in [0.2, 0.25) is 5.15 Å². The molecule has 0 radical (unpaired) electrons. The van der Waals surface area contributed by atoms with Crippen LogP contribution in [0, 0.1) is 5.82 Å². The average molecular weight is 626 g/mol. The number of rotatable bonds is 8. The van der Waals surface area contributed by atoms with E-state index >= 15 is 0 Å². The fourth-order valence-electron chi connectivity index (χ4n) is 6.23. The third-order valence-electron chi connectivity index (χ3n) is 8.48. The number of aromatic nitrogens is 4. The van der Waals surface area contributed by atoms with Crippen molar-refractivity contribution in [2.24, 2.45) is 0 Å². The number of pyridine rings is 1. The highest BCUT2D eigenvalue weighted by Gasteiger charge is 2.34. The molecular formula is C31H37ClFN7O4. The maximum Gasteiger partial charge on any atom is 0.343 e. The van der Waals surface area contributed by atoms with E-state index in [1.807, 2.05) is 37.9 Å². The Bertz CT molecular complexity index is 1500. The molecule has 0 aliphatic carbocycles. The molecule has 1 unspecified atom stereocenters. The van der Waals surface area contributed by atoms with Crippen LogP contribution in [-0.4, -0.2) is 94.0 Å². The summed E-state index contributed by atoms with van der Waals surface area (Å²) in [5, 5.41) is 8.19. The van der Waals surface area contributed by atoms with Crippen LogP contribution in [0.1, 0.15) is 61.3 Å². The van der Waals surface area contributed by atoms with E-state index in [4.69, 9.17) is 25.8 Å². The maximum absolute atomic E-state index is 14.2. The topological polar surface area (TPSA) is 106 Å². The molecule has 0 bridgehead atoms. The molecule has 3 aromatic rings. The van der Waals surface area contributed by atoms with Crippen LogP contribution in [0.4, 0.5) is 10.2 Å². The summed E-state index contributed by atoms with van der Waals surface area (Å²) in [5.74, 6) is 0.562. The summed E-state index contributed by atoms with van der Waals surface area (Å²) in [6.07, 6.45) is 4.25. The van der Waals surface area contributed by atoms with Crippen molar-refractivity contribution in [3.8, 4) is 17.5 Å². The minimum atomic E-state index is -0.543. The molecule has 11 nitrogen and oxygen atoms in total. The highest BCUT2D eigenvalue weighted by molar-refractivity contribution is 6.31. The molecule has 0 saturated carbocycles. The largest absolute Gasteiger partial charge is 0.490 e. The predicted molar refractivity (Wildman–Crippen MR) is 162 cm³/mol. The quantitative estimate of drug-likeness (QED) is 0.350.